The minimum atomic E-state index is 0.240. The van der Waals surface area contributed by atoms with Crippen LogP contribution in [0.1, 0.15) is 18.4 Å². The molecular formula is C13H16N2O. The van der Waals surface area contributed by atoms with Crippen molar-refractivity contribution in [3.05, 3.63) is 35.9 Å². The first-order valence-corrected chi connectivity index (χ1v) is 5.80. The highest BCUT2D eigenvalue weighted by molar-refractivity contribution is 5.95. The molecule has 2 fully saturated rings. The summed E-state index contributed by atoms with van der Waals surface area (Å²) >= 11 is 0. The van der Waals surface area contributed by atoms with E-state index in [9.17, 15) is 0 Å². The van der Waals surface area contributed by atoms with Crippen LogP contribution in [0.2, 0.25) is 0 Å². The molecule has 1 spiro atoms. The van der Waals surface area contributed by atoms with Gasteiger partial charge in [-0.3, -0.25) is 4.90 Å². The van der Waals surface area contributed by atoms with Gasteiger partial charge in [-0.15, -0.1) is 0 Å². The van der Waals surface area contributed by atoms with E-state index in [1.165, 1.54) is 18.4 Å². The standard InChI is InChI=1S/C13H16N2O/c16-14-12-9-15(10-13(12)6-7-13)8-11-4-2-1-3-5-11/h1-5,16H,6-10H2. The minimum absolute atomic E-state index is 0.240. The summed E-state index contributed by atoms with van der Waals surface area (Å²) in [6.07, 6.45) is 2.38. The van der Waals surface area contributed by atoms with E-state index in [1.807, 2.05) is 6.07 Å². The summed E-state index contributed by atoms with van der Waals surface area (Å²) < 4.78 is 0. The third-order valence-electron chi connectivity index (χ3n) is 3.74. The average Bonchev–Trinajstić information content (AvgIpc) is 2.98. The van der Waals surface area contributed by atoms with Gasteiger partial charge in [-0.2, -0.15) is 0 Å². The van der Waals surface area contributed by atoms with Gasteiger partial charge in [0.25, 0.3) is 0 Å². The highest BCUT2D eigenvalue weighted by atomic mass is 16.4. The number of rotatable bonds is 2. The summed E-state index contributed by atoms with van der Waals surface area (Å²) in [5.41, 5.74) is 2.56. The van der Waals surface area contributed by atoms with Crippen LogP contribution in [0.5, 0.6) is 0 Å². The van der Waals surface area contributed by atoms with Crippen LogP contribution < -0.4 is 0 Å². The third kappa shape index (κ3) is 1.61. The van der Waals surface area contributed by atoms with Crippen molar-refractivity contribution in [1.29, 1.82) is 0 Å². The number of likely N-dealkylation sites (tertiary alicyclic amines) is 1. The van der Waals surface area contributed by atoms with E-state index in [0.29, 0.717) is 0 Å². The maximum atomic E-state index is 8.99. The molecule has 0 aromatic heterocycles. The zero-order valence-corrected chi connectivity index (χ0v) is 9.26. The smallest absolute Gasteiger partial charge is 0.0785 e. The van der Waals surface area contributed by atoms with Gasteiger partial charge in [0.2, 0.25) is 0 Å². The Morgan fingerprint density at radius 1 is 1.25 bits per heavy atom. The first-order chi connectivity index (χ1) is 7.82. The first kappa shape index (κ1) is 9.85. The Morgan fingerprint density at radius 3 is 2.56 bits per heavy atom. The van der Waals surface area contributed by atoms with Crippen LogP contribution in [0.3, 0.4) is 0 Å². The molecule has 1 aromatic carbocycles. The summed E-state index contributed by atoms with van der Waals surface area (Å²) in [7, 11) is 0. The van der Waals surface area contributed by atoms with Crippen LogP contribution in [0.15, 0.2) is 35.5 Å². The molecule has 0 atom stereocenters. The van der Waals surface area contributed by atoms with Gasteiger partial charge >= 0.3 is 0 Å². The number of benzene rings is 1. The van der Waals surface area contributed by atoms with Gasteiger partial charge in [0, 0.05) is 25.0 Å². The normalized spacial score (nSPS) is 25.4. The Balaban J connectivity index is 1.71. The quantitative estimate of drug-likeness (QED) is 0.607. The van der Waals surface area contributed by atoms with Crippen LogP contribution in [0.4, 0.5) is 0 Å². The molecule has 3 nitrogen and oxygen atoms in total. The number of hydrogen-bond donors (Lipinski definition) is 1. The molecule has 2 aliphatic rings. The highest BCUT2D eigenvalue weighted by Crippen LogP contribution is 2.51. The van der Waals surface area contributed by atoms with Crippen LogP contribution in [0.25, 0.3) is 0 Å². The summed E-state index contributed by atoms with van der Waals surface area (Å²) in [5.74, 6) is 0. The van der Waals surface area contributed by atoms with Gasteiger partial charge < -0.3 is 5.21 Å². The zero-order valence-electron chi connectivity index (χ0n) is 9.26. The maximum Gasteiger partial charge on any atom is 0.0785 e. The second kappa shape index (κ2) is 3.59. The summed E-state index contributed by atoms with van der Waals surface area (Å²) in [4.78, 5) is 2.37. The Hall–Kier alpha value is -1.35. The second-order valence-electron chi connectivity index (χ2n) is 4.96. The van der Waals surface area contributed by atoms with Crippen molar-refractivity contribution >= 4 is 5.71 Å². The molecule has 84 valence electrons. The van der Waals surface area contributed by atoms with Gasteiger partial charge in [-0.25, -0.2) is 0 Å². The average molecular weight is 216 g/mol. The van der Waals surface area contributed by atoms with Crippen LogP contribution in [-0.4, -0.2) is 28.9 Å². The van der Waals surface area contributed by atoms with E-state index in [1.54, 1.807) is 0 Å². The molecule has 0 bridgehead atoms. The Bertz CT molecular complexity index is 409. The van der Waals surface area contributed by atoms with Gasteiger partial charge in [0.1, 0.15) is 0 Å². The van der Waals surface area contributed by atoms with E-state index in [0.717, 1.165) is 25.3 Å². The highest BCUT2D eigenvalue weighted by Gasteiger charge is 2.53. The summed E-state index contributed by atoms with van der Waals surface area (Å²) in [5, 5.41) is 12.5. The first-order valence-electron chi connectivity index (χ1n) is 5.80. The fraction of sp³-hybridized carbons (Fsp3) is 0.462. The third-order valence-corrected chi connectivity index (χ3v) is 3.74. The van der Waals surface area contributed by atoms with Crippen LogP contribution >= 0.6 is 0 Å². The van der Waals surface area contributed by atoms with E-state index >= 15 is 0 Å². The molecule has 1 heterocycles. The topological polar surface area (TPSA) is 35.8 Å². The molecule has 1 aromatic rings. The Morgan fingerprint density at radius 2 is 2.00 bits per heavy atom. The van der Waals surface area contributed by atoms with Gasteiger partial charge in [-0.1, -0.05) is 35.5 Å². The Labute approximate surface area is 95.4 Å². The zero-order chi connectivity index (χ0) is 11.0. The number of nitrogens with zero attached hydrogens (tertiary/aromatic N) is 2. The molecule has 1 saturated carbocycles. The number of hydrogen-bond acceptors (Lipinski definition) is 3. The molecule has 1 aliphatic carbocycles. The molecule has 3 heteroatoms. The van der Waals surface area contributed by atoms with Crippen LogP contribution in [0, 0.1) is 5.41 Å². The largest absolute Gasteiger partial charge is 0.411 e. The minimum Gasteiger partial charge on any atom is -0.411 e. The molecule has 0 unspecified atom stereocenters. The van der Waals surface area contributed by atoms with Crippen molar-refractivity contribution in [3.8, 4) is 0 Å². The van der Waals surface area contributed by atoms with Crippen molar-refractivity contribution < 1.29 is 5.21 Å². The number of oxime groups is 1. The maximum absolute atomic E-state index is 8.99. The molecular weight excluding hydrogens is 200 g/mol. The van der Waals surface area contributed by atoms with Crippen LogP contribution in [-0.2, 0) is 6.54 Å². The van der Waals surface area contributed by atoms with E-state index < -0.39 is 0 Å². The van der Waals surface area contributed by atoms with E-state index in [2.05, 4.69) is 34.3 Å². The van der Waals surface area contributed by atoms with Crippen molar-refractivity contribution in [2.45, 2.75) is 19.4 Å². The molecule has 1 aliphatic heterocycles. The lowest BCUT2D eigenvalue weighted by Crippen LogP contribution is -2.20. The van der Waals surface area contributed by atoms with E-state index in [-0.39, 0.29) is 5.41 Å². The van der Waals surface area contributed by atoms with E-state index in [4.69, 9.17) is 5.21 Å². The van der Waals surface area contributed by atoms with Crippen molar-refractivity contribution in [2.24, 2.45) is 10.6 Å². The molecule has 0 radical (unpaired) electrons. The second-order valence-corrected chi connectivity index (χ2v) is 4.96. The van der Waals surface area contributed by atoms with Gasteiger partial charge in [0.05, 0.1) is 5.71 Å². The predicted molar refractivity (Wildman–Crippen MR) is 62.6 cm³/mol. The van der Waals surface area contributed by atoms with Crippen molar-refractivity contribution in [2.75, 3.05) is 13.1 Å². The Kier molecular flexibility index (Phi) is 2.21. The van der Waals surface area contributed by atoms with Crippen molar-refractivity contribution in [1.82, 2.24) is 4.90 Å². The molecule has 16 heavy (non-hydrogen) atoms. The fourth-order valence-electron chi connectivity index (χ4n) is 2.64. The van der Waals surface area contributed by atoms with Crippen molar-refractivity contribution in [3.63, 3.8) is 0 Å². The molecule has 1 saturated heterocycles. The molecule has 1 N–H and O–H groups in total. The summed E-state index contributed by atoms with van der Waals surface area (Å²) in [6, 6.07) is 10.5. The lowest BCUT2D eigenvalue weighted by Gasteiger charge is -2.14. The SMILES string of the molecule is ON=C1CN(Cc2ccccc2)CC12CC2. The molecule has 0 amide bonds. The van der Waals surface area contributed by atoms with Gasteiger partial charge in [0.15, 0.2) is 0 Å². The van der Waals surface area contributed by atoms with Gasteiger partial charge in [-0.05, 0) is 18.4 Å². The summed E-state index contributed by atoms with van der Waals surface area (Å²) in [6.45, 7) is 2.84. The monoisotopic (exact) mass is 216 g/mol. The fourth-order valence-corrected chi connectivity index (χ4v) is 2.64. The lowest BCUT2D eigenvalue weighted by atomic mass is 10.1. The lowest BCUT2D eigenvalue weighted by molar-refractivity contribution is 0.311. The molecule has 3 rings (SSSR count). The predicted octanol–water partition coefficient (Wildman–Crippen LogP) is 2.11.